The molecule has 10 nitrogen and oxygen atoms in total. The average Bonchev–Trinajstić information content (AvgIpc) is 2.47. The third kappa shape index (κ3) is 3.35. The Bertz CT molecular complexity index is 339. The van der Waals surface area contributed by atoms with E-state index < -0.39 is 61.9 Å². The molecule has 2 aliphatic heterocycles. The fourth-order valence-corrected chi connectivity index (χ4v) is 2.26. The van der Waals surface area contributed by atoms with Crippen molar-refractivity contribution in [3.8, 4) is 0 Å². The lowest BCUT2D eigenvalue weighted by atomic mass is 9.99. The maximum Gasteiger partial charge on any atom is 0.187 e. The molecule has 0 radical (unpaired) electrons. The Balaban J connectivity index is 2.06. The lowest BCUT2D eigenvalue weighted by Crippen LogP contribution is -2.62. The summed E-state index contributed by atoms with van der Waals surface area (Å²) in [5, 5.41) is 66.8. The van der Waals surface area contributed by atoms with Crippen molar-refractivity contribution in [1.82, 2.24) is 0 Å². The largest absolute Gasteiger partial charge is 0.394 e. The van der Waals surface area contributed by atoms with Gasteiger partial charge in [0, 0.05) is 0 Å². The van der Waals surface area contributed by atoms with Crippen LogP contribution in [0.4, 0.5) is 0 Å². The SMILES string of the molecule is OC[C@@H]1O[C@H](O[C@@H]2[C@@H](O)[C@H](O)CO[C@H]2O)[C@@H](O)[C@H](O)[C@H]1O. The molecule has 0 amide bonds. The van der Waals surface area contributed by atoms with E-state index in [1.54, 1.807) is 0 Å². The Kier molecular flexibility index (Phi) is 5.48. The van der Waals surface area contributed by atoms with E-state index in [2.05, 4.69) is 0 Å². The molecule has 2 aliphatic rings. The summed E-state index contributed by atoms with van der Waals surface area (Å²) in [6.07, 6.45) is -13.4. The fraction of sp³-hybridized carbons (Fsp3) is 1.00. The van der Waals surface area contributed by atoms with E-state index in [1.165, 1.54) is 0 Å². The summed E-state index contributed by atoms with van der Waals surface area (Å²) < 4.78 is 15.0. The maximum absolute atomic E-state index is 9.78. The van der Waals surface area contributed by atoms with E-state index in [-0.39, 0.29) is 6.61 Å². The van der Waals surface area contributed by atoms with Crippen molar-refractivity contribution < 1.29 is 50.0 Å². The van der Waals surface area contributed by atoms with E-state index in [1.807, 2.05) is 0 Å². The van der Waals surface area contributed by atoms with Crippen molar-refractivity contribution in [1.29, 1.82) is 0 Å². The first-order valence-electron chi connectivity index (χ1n) is 6.48. The van der Waals surface area contributed by atoms with Crippen LogP contribution in [-0.2, 0) is 14.2 Å². The van der Waals surface area contributed by atoms with Gasteiger partial charge in [0.25, 0.3) is 0 Å². The molecule has 9 atom stereocenters. The third-order valence-corrected chi connectivity index (χ3v) is 3.59. The molecular formula is C11H20O10. The van der Waals surface area contributed by atoms with Crippen molar-refractivity contribution in [2.24, 2.45) is 0 Å². The molecular weight excluding hydrogens is 292 g/mol. The van der Waals surface area contributed by atoms with Crippen LogP contribution in [0.25, 0.3) is 0 Å². The molecule has 2 fully saturated rings. The first-order valence-corrected chi connectivity index (χ1v) is 6.48. The lowest BCUT2D eigenvalue weighted by Gasteiger charge is -2.43. The topological polar surface area (TPSA) is 169 Å². The molecule has 7 N–H and O–H groups in total. The molecule has 0 aromatic rings. The zero-order chi connectivity index (χ0) is 15.7. The van der Waals surface area contributed by atoms with Crippen LogP contribution in [0, 0.1) is 0 Å². The Morgan fingerprint density at radius 2 is 1.57 bits per heavy atom. The second-order valence-electron chi connectivity index (χ2n) is 5.08. The van der Waals surface area contributed by atoms with Gasteiger partial charge in [-0.15, -0.1) is 0 Å². The Morgan fingerprint density at radius 1 is 0.905 bits per heavy atom. The summed E-state index contributed by atoms with van der Waals surface area (Å²) in [5.41, 5.74) is 0. The van der Waals surface area contributed by atoms with Crippen LogP contribution >= 0.6 is 0 Å². The van der Waals surface area contributed by atoms with Gasteiger partial charge < -0.3 is 50.0 Å². The molecule has 0 spiro atoms. The molecule has 10 heteroatoms. The minimum Gasteiger partial charge on any atom is -0.394 e. The molecule has 2 saturated heterocycles. The highest BCUT2D eigenvalue weighted by molar-refractivity contribution is 4.91. The average molecular weight is 312 g/mol. The first kappa shape index (κ1) is 17.0. The van der Waals surface area contributed by atoms with E-state index in [0.29, 0.717) is 0 Å². The number of aliphatic hydroxyl groups is 7. The molecule has 0 aromatic heterocycles. The molecule has 2 heterocycles. The van der Waals surface area contributed by atoms with Gasteiger partial charge in [-0.1, -0.05) is 0 Å². The molecule has 0 unspecified atom stereocenters. The van der Waals surface area contributed by atoms with E-state index in [0.717, 1.165) is 0 Å². The van der Waals surface area contributed by atoms with Crippen molar-refractivity contribution in [3.05, 3.63) is 0 Å². The van der Waals surface area contributed by atoms with Crippen LogP contribution in [0.2, 0.25) is 0 Å². The predicted octanol–water partition coefficient (Wildman–Crippen LogP) is -4.76. The summed E-state index contributed by atoms with van der Waals surface area (Å²) >= 11 is 0. The summed E-state index contributed by atoms with van der Waals surface area (Å²) in [4.78, 5) is 0. The van der Waals surface area contributed by atoms with Crippen LogP contribution < -0.4 is 0 Å². The monoisotopic (exact) mass is 312 g/mol. The fourth-order valence-electron chi connectivity index (χ4n) is 2.26. The normalized spacial score (nSPS) is 51.9. The first-order chi connectivity index (χ1) is 9.86. The molecule has 0 aliphatic carbocycles. The Hall–Kier alpha value is -0.400. The van der Waals surface area contributed by atoms with E-state index in [4.69, 9.17) is 19.3 Å². The number of hydrogen-bond acceptors (Lipinski definition) is 10. The minimum atomic E-state index is -1.68. The van der Waals surface area contributed by atoms with Gasteiger partial charge in [0.2, 0.25) is 0 Å². The molecule has 124 valence electrons. The standard InChI is InChI=1S/C11H20O10/c12-1-4-6(15)7(16)8(17)11(20-4)21-9-5(14)3(13)2-19-10(9)18/h3-18H,1-2H2/t3-,4+,5+,6+,7-,8+,9-,10-,11-/m1/s1. The number of hydrogen-bond donors (Lipinski definition) is 7. The summed E-state index contributed by atoms with van der Waals surface area (Å²) in [7, 11) is 0. The lowest BCUT2D eigenvalue weighted by molar-refractivity contribution is -0.352. The van der Waals surface area contributed by atoms with Gasteiger partial charge in [-0.3, -0.25) is 0 Å². The highest BCUT2D eigenvalue weighted by Crippen LogP contribution is 2.26. The summed E-state index contributed by atoms with van der Waals surface area (Å²) in [6.45, 7) is -0.934. The summed E-state index contributed by atoms with van der Waals surface area (Å²) in [5.74, 6) is 0. The predicted molar refractivity (Wildman–Crippen MR) is 62.6 cm³/mol. The zero-order valence-electron chi connectivity index (χ0n) is 11.0. The van der Waals surface area contributed by atoms with Gasteiger partial charge >= 0.3 is 0 Å². The Morgan fingerprint density at radius 3 is 2.19 bits per heavy atom. The van der Waals surface area contributed by atoms with Gasteiger partial charge in [-0.2, -0.15) is 0 Å². The van der Waals surface area contributed by atoms with Crippen LogP contribution in [0.1, 0.15) is 0 Å². The second-order valence-corrected chi connectivity index (χ2v) is 5.08. The third-order valence-electron chi connectivity index (χ3n) is 3.59. The second kappa shape index (κ2) is 6.79. The van der Waals surface area contributed by atoms with E-state index >= 15 is 0 Å². The maximum atomic E-state index is 9.78. The molecule has 0 aromatic carbocycles. The van der Waals surface area contributed by atoms with Crippen LogP contribution in [0.3, 0.4) is 0 Å². The highest BCUT2D eigenvalue weighted by Gasteiger charge is 2.48. The van der Waals surface area contributed by atoms with Crippen LogP contribution in [0.15, 0.2) is 0 Å². The quantitative estimate of drug-likeness (QED) is 0.268. The number of aliphatic hydroxyl groups excluding tert-OH is 7. The Labute approximate surface area is 119 Å². The molecule has 0 bridgehead atoms. The molecule has 0 saturated carbocycles. The minimum absolute atomic E-state index is 0.295. The molecule has 21 heavy (non-hydrogen) atoms. The van der Waals surface area contributed by atoms with Crippen molar-refractivity contribution in [2.45, 2.75) is 55.3 Å². The van der Waals surface area contributed by atoms with Gasteiger partial charge in [0.05, 0.1) is 13.2 Å². The highest BCUT2D eigenvalue weighted by atomic mass is 16.7. The number of ether oxygens (including phenoxy) is 3. The van der Waals surface area contributed by atoms with Crippen molar-refractivity contribution in [3.63, 3.8) is 0 Å². The van der Waals surface area contributed by atoms with Crippen LogP contribution in [0.5, 0.6) is 0 Å². The summed E-state index contributed by atoms with van der Waals surface area (Å²) in [6, 6.07) is 0. The molecule has 2 rings (SSSR count). The smallest absolute Gasteiger partial charge is 0.187 e. The van der Waals surface area contributed by atoms with E-state index in [9.17, 15) is 30.6 Å². The van der Waals surface area contributed by atoms with Gasteiger partial charge in [-0.25, -0.2) is 0 Å². The van der Waals surface area contributed by atoms with Gasteiger partial charge in [0.1, 0.15) is 42.7 Å². The number of rotatable bonds is 3. The van der Waals surface area contributed by atoms with Crippen molar-refractivity contribution >= 4 is 0 Å². The van der Waals surface area contributed by atoms with Crippen LogP contribution in [-0.4, -0.2) is 104 Å². The van der Waals surface area contributed by atoms with Crippen molar-refractivity contribution in [2.75, 3.05) is 13.2 Å². The van der Waals surface area contributed by atoms with Gasteiger partial charge in [0.15, 0.2) is 12.6 Å². The van der Waals surface area contributed by atoms with Gasteiger partial charge in [-0.05, 0) is 0 Å². The zero-order valence-corrected chi connectivity index (χ0v) is 11.0.